The lowest BCUT2D eigenvalue weighted by atomic mass is 9.97. The van der Waals surface area contributed by atoms with Crippen molar-refractivity contribution >= 4 is 17.3 Å². The number of benzene rings is 1. The van der Waals surface area contributed by atoms with Crippen molar-refractivity contribution in [2.45, 2.75) is 43.8 Å². The molecule has 2 aliphatic heterocycles. The Kier molecular flexibility index (Phi) is 4.26. The second-order valence-electron chi connectivity index (χ2n) is 6.52. The zero-order valence-electron chi connectivity index (χ0n) is 13.6. The van der Waals surface area contributed by atoms with Crippen LogP contribution in [0, 0.1) is 5.41 Å². The average Bonchev–Trinajstić information content (AvgIpc) is 2.75. The van der Waals surface area contributed by atoms with Gasteiger partial charge >= 0.3 is 0 Å². The van der Waals surface area contributed by atoms with Gasteiger partial charge in [-0.3, -0.25) is 10.2 Å². The first-order valence-corrected chi connectivity index (χ1v) is 8.04. The molecule has 2 atom stereocenters. The van der Waals surface area contributed by atoms with Crippen molar-refractivity contribution in [1.29, 1.82) is 5.41 Å². The maximum absolute atomic E-state index is 12.4. The summed E-state index contributed by atoms with van der Waals surface area (Å²) in [7, 11) is 3.72. The third kappa shape index (κ3) is 3.03. The Morgan fingerprint density at radius 3 is 2.57 bits per heavy atom. The molecule has 23 heavy (non-hydrogen) atoms. The molecule has 6 heteroatoms. The van der Waals surface area contributed by atoms with E-state index in [1.165, 1.54) is 12.8 Å². The van der Waals surface area contributed by atoms with Crippen molar-refractivity contribution in [1.82, 2.24) is 10.2 Å². The van der Waals surface area contributed by atoms with Crippen LogP contribution in [0.25, 0.3) is 0 Å². The lowest BCUT2D eigenvalue weighted by molar-refractivity contribution is -0.115. The molecule has 2 unspecified atom stereocenters. The van der Waals surface area contributed by atoms with Crippen molar-refractivity contribution in [3.63, 3.8) is 0 Å². The molecular weight excluding hydrogens is 292 g/mol. The molecule has 4 N–H and O–H groups in total. The monoisotopic (exact) mass is 316 g/mol. The number of methoxy groups -OCH3 is 1. The molecule has 2 aliphatic rings. The summed E-state index contributed by atoms with van der Waals surface area (Å²) in [6, 6.07) is 6.26. The molecule has 1 aromatic rings. The van der Waals surface area contributed by atoms with E-state index in [2.05, 4.69) is 17.3 Å². The first-order valence-electron chi connectivity index (χ1n) is 8.04. The Labute approximate surface area is 136 Å². The quantitative estimate of drug-likeness (QED) is 0.578. The van der Waals surface area contributed by atoms with Gasteiger partial charge in [-0.15, -0.1) is 0 Å². The number of hydrogen-bond acceptors (Lipinski definition) is 5. The van der Waals surface area contributed by atoms with Gasteiger partial charge in [-0.2, -0.15) is 0 Å². The zero-order valence-corrected chi connectivity index (χ0v) is 13.6. The first kappa shape index (κ1) is 15.8. The van der Waals surface area contributed by atoms with Crippen LogP contribution in [0.15, 0.2) is 18.2 Å². The van der Waals surface area contributed by atoms with E-state index in [1.54, 1.807) is 25.3 Å². The number of nitrogens with one attached hydrogen (secondary N) is 2. The lowest BCUT2D eigenvalue weighted by Gasteiger charge is -2.36. The highest BCUT2D eigenvalue weighted by atomic mass is 16.5. The third-order valence-electron chi connectivity index (χ3n) is 5.19. The fourth-order valence-electron chi connectivity index (χ4n) is 3.80. The highest BCUT2D eigenvalue weighted by molar-refractivity contribution is 6.45. The van der Waals surface area contributed by atoms with Crippen LogP contribution in [0.2, 0.25) is 0 Å². The summed E-state index contributed by atoms with van der Waals surface area (Å²) in [5, 5.41) is 11.2. The van der Waals surface area contributed by atoms with E-state index in [4.69, 9.17) is 15.9 Å². The van der Waals surface area contributed by atoms with Gasteiger partial charge in [0.1, 0.15) is 11.5 Å². The molecular formula is C17H24N4O2. The van der Waals surface area contributed by atoms with Gasteiger partial charge in [0, 0.05) is 35.4 Å². The third-order valence-corrected chi connectivity index (χ3v) is 5.19. The number of fused-ring (bicyclic) bond motifs is 2. The number of carbonyl (C=O) groups is 1. The minimum Gasteiger partial charge on any atom is -0.497 e. The number of nitrogen functional groups attached to an aromatic ring is 1. The van der Waals surface area contributed by atoms with E-state index >= 15 is 0 Å². The summed E-state index contributed by atoms with van der Waals surface area (Å²) in [6.07, 6.45) is 4.33. The number of piperidine rings is 1. The summed E-state index contributed by atoms with van der Waals surface area (Å²) in [6.45, 7) is 0. The minimum atomic E-state index is -0.351. The summed E-state index contributed by atoms with van der Waals surface area (Å²) in [5.41, 5.74) is 6.67. The van der Waals surface area contributed by atoms with Gasteiger partial charge in [0.05, 0.1) is 7.11 Å². The number of carbonyl (C=O) groups excluding carboxylic acids is 1. The maximum Gasteiger partial charge on any atom is 0.270 e. The molecule has 2 saturated heterocycles. The van der Waals surface area contributed by atoms with E-state index < -0.39 is 0 Å². The van der Waals surface area contributed by atoms with E-state index in [-0.39, 0.29) is 17.7 Å². The number of rotatable bonds is 4. The molecule has 1 amide bonds. The van der Waals surface area contributed by atoms with Crippen molar-refractivity contribution in [2.24, 2.45) is 0 Å². The number of anilines is 1. The summed E-state index contributed by atoms with van der Waals surface area (Å²) in [4.78, 5) is 14.8. The Morgan fingerprint density at radius 1 is 1.35 bits per heavy atom. The highest BCUT2D eigenvalue weighted by Gasteiger charge is 2.39. The van der Waals surface area contributed by atoms with Gasteiger partial charge < -0.3 is 20.7 Å². The largest absolute Gasteiger partial charge is 0.497 e. The van der Waals surface area contributed by atoms with Crippen LogP contribution in [0.4, 0.5) is 5.69 Å². The fourth-order valence-corrected chi connectivity index (χ4v) is 3.80. The Balaban J connectivity index is 1.65. The fraction of sp³-hybridized carbons (Fsp3) is 0.529. The van der Waals surface area contributed by atoms with Gasteiger partial charge in [-0.05, 0) is 44.9 Å². The molecule has 0 radical (unpaired) electrons. The molecule has 0 aromatic heterocycles. The zero-order chi connectivity index (χ0) is 16.6. The van der Waals surface area contributed by atoms with Crippen molar-refractivity contribution in [2.75, 3.05) is 19.9 Å². The van der Waals surface area contributed by atoms with Crippen LogP contribution in [0.3, 0.4) is 0 Å². The van der Waals surface area contributed by atoms with Gasteiger partial charge in [-0.1, -0.05) is 0 Å². The molecule has 2 heterocycles. The number of nitrogens with zero attached hydrogens (tertiary/aromatic N) is 1. The highest BCUT2D eigenvalue weighted by Crippen LogP contribution is 2.34. The molecule has 3 rings (SSSR count). The lowest BCUT2D eigenvalue weighted by Crippen LogP contribution is -2.50. The summed E-state index contributed by atoms with van der Waals surface area (Å²) < 4.78 is 5.10. The molecule has 2 bridgehead atoms. The van der Waals surface area contributed by atoms with Crippen LogP contribution >= 0.6 is 0 Å². The van der Waals surface area contributed by atoms with E-state index in [0.29, 0.717) is 29.1 Å². The second kappa shape index (κ2) is 6.20. The average molecular weight is 316 g/mol. The van der Waals surface area contributed by atoms with Gasteiger partial charge in [0.2, 0.25) is 0 Å². The molecule has 1 aromatic carbocycles. The van der Waals surface area contributed by atoms with Crippen molar-refractivity contribution in [3.05, 3.63) is 23.8 Å². The van der Waals surface area contributed by atoms with Crippen LogP contribution in [-0.4, -0.2) is 48.8 Å². The number of nitrogens with two attached hydrogens (primary N) is 1. The second-order valence-corrected chi connectivity index (χ2v) is 6.52. The van der Waals surface area contributed by atoms with Crippen LogP contribution in [-0.2, 0) is 4.79 Å². The van der Waals surface area contributed by atoms with Crippen LogP contribution < -0.4 is 15.8 Å². The first-order chi connectivity index (χ1) is 11.0. The summed E-state index contributed by atoms with van der Waals surface area (Å²) >= 11 is 0. The normalized spacial score (nSPS) is 26.8. The van der Waals surface area contributed by atoms with Crippen LogP contribution in [0.5, 0.6) is 5.75 Å². The SMILES string of the molecule is COc1ccc(C(=N)C(=O)NC2CC3CCC(C2)N3C)c(N)c1. The molecule has 0 aliphatic carbocycles. The van der Waals surface area contributed by atoms with E-state index in [0.717, 1.165) is 12.8 Å². The van der Waals surface area contributed by atoms with E-state index in [1.807, 2.05) is 0 Å². The molecule has 6 nitrogen and oxygen atoms in total. The molecule has 0 spiro atoms. The molecule has 2 fully saturated rings. The predicted molar refractivity (Wildman–Crippen MR) is 90.0 cm³/mol. The topological polar surface area (TPSA) is 91.4 Å². The smallest absolute Gasteiger partial charge is 0.270 e. The van der Waals surface area contributed by atoms with Crippen molar-refractivity contribution < 1.29 is 9.53 Å². The Hall–Kier alpha value is -2.08. The predicted octanol–water partition coefficient (Wildman–Crippen LogP) is 1.39. The van der Waals surface area contributed by atoms with Crippen molar-refractivity contribution in [3.8, 4) is 5.75 Å². The number of amides is 1. The molecule has 0 saturated carbocycles. The number of ether oxygens (including phenoxy) is 1. The Morgan fingerprint density at radius 2 is 2.00 bits per heavy atom. The Bertz CT molecular complexity index is 617. The van der Waals surface area contributed by atoms with Gasteiger partial charge in [0.15, 0.2) is 0 Å². The minimum absolute atomic E-state index is 0.0866. The van der Waals surface area contributed by atoms with Gasteiger partial charge in [-0.25, -0.2) is 0 Å². The van der Waals surface area contributed by atoms with E-state index in [9.17, 15) is 4.79 Å². The van der Waals surface area contributed by atoms with Gasteiger partial charge in [0.25, 0.3) is 5.91 Å². The molecule has 124 valence electrons. The number of hydrogen-bond donors (Lipinski definition) is 3. The maximum atomic E-state index is 12.4. The van der Waals surface area contributed by atoms with Crippen LogP contribution in [0.1, 0.15) is 31.2 Å². The standard InChI is InChI=1S/C17H24N4O2/c1-21-11-3-4-12(21)8-10(7-11)20-17(22)16(19)14-6-5-13(23-2)9-15(14)18/h5-6,9-12,19H,3-4,7-8,18H2,1-2H3,(H,20,22). The summed E-state index contributed by atoms with van der Waals surface area (Å²) in [5.74, 6) is 0.266.